The monoisotopic (exact) mass is 268 g/mol. The highest BCUT2D eigenvalue weighted by molar-refractivity contribution is 5.89. The third kappa shape index (κ3) is 3.08. The fourth-order valence-electron chi connectivity index (χ4n) is 3.03. The molecule has 1 N–H and O–H groups in total. The molecule has 0 aromatic rings. The first-order chi connectivity index (χ1) is 8.88. The fourth-order valence-corrected chi connectivity index (χ4v) is 3.03. The number of hydrogen-bond acceptors (Lipinski definition) is 3. The minimum atomic E-state index is -0.190. The fraction of sp³-hybridized carbons (Fsp3) is 0.857. The summed E-state index contributed by atoms with van der Waals surface area (Å²) in [4.78, 5) is 27.6. The molecular weight excluding hydrogens is 244 g/mol. The maximum Gasteiger partial charge on any atom is 0.227 e. The van der Waals surface area contributed by atoms with E-state index in [9.17, 15) is 14.7 Å². The second-order valence-corrected chi connectivity index (χ2v) is 6.25. The van der Waals surface area contributed by atoms with Crippen molar-refractivity contribution in [2.24, 2.45) is 11.8 Å². The maximum atomic E-state index is 12.3. The van der Waals surface area contributed by atoms with E-state index in [0.29, 0.717) is 25.4 Å². The third-order valence-corrected chi connectivity index (χ3v) is 4.25. The van der Waals surface area contributed by atoms with E-state index in [2.05, 4.69) is 0 Å². The number of rotatable bonds is 4. The van der Waals surface area contributed by atoms with Crippen LogP contribution >= 0.6 is 0 Å². The topological polar surface area (TPSA) is 60.9 Å². The Hall–Kier alpha value is -1.10. The Balaban J connectivity index is 1.84. The van der Waals surface area contributed by atoms with E-state index >= 15 is 0 Å². The summed E-state index contributed by atoms with van der Waals surface area (Å²) in [6, 6.07) is 0.164. The lowest BCUT2D eigenvalue weighted by Gasteiger charge is -2.35. The van der Waals surface area contributed by atoms with Gasteiger partial charge in [0.05, 0.1) is 12.0 Å². The largest absolute Gasteiger partial charge is 0.393 e. The molecule has 19 heavy (non-hydrogen) atoms. The number of carbonyl (C=O) groups excluding carboxylic acids is 2. The van der Waals surface area contributed by atoms with Crippen LogP contribution in [0.1, 0.15) is 33.1 Å². The molecule has 108 valence electrons. The zero-order valence-electron chi connectivity index (χ0n) is 12.0. The molecule has 2 rings (SSSR count). The van der Waals surface area contributed by atoms with Crippen molar-refractivity contribution in [3.63, 3.8) is 0 Å². The Bertz CT molecular complexity index is 364. The van der Waals surface area contributed by atoms with E-state index in [-0.39, 0.29) is 29.9 Å². The summed E-state index contributed by atoms with van der Waals surface area (Å²) >= 11 is 0. The van der Waals surface area contributed by atoms with Gasteiger partial charge < -0.3 is 14.9 Å². The minimum Gasteiger partial charge on any atom is -0.393 e. The van der Waals surface area contributed by atoms with E-state index in [4.69, 9.17) is 0 Å². The average molecular weight is 268 g/mol. The Morgan fingerprint density at radius 2 is 2.11 bits per heavy atom. The standard InChI is InChI=1S/C14H24N2O3/c1-9(2)16-8-11(6-13(16)18)14(19)15(3)7-10-4-12(17)5-10/h9-12,17H,4-8H2,1-3H3. The summed E-state index contributed by atoms with van der Waals surface area (Å²) in [6.45, 7) is 5.20. The Morgan fingerprint density at radius 3 is 2.58 bits per heavy atom. The molecule has 1 aliphatic heterocycles. The van der Waals surface area contributed by atoms with Crippen LogP contribution in [0.5, 0.6) is 0 Å². The summed E-state index contributed by atoms with van der Waals surface area (Å²) in [7, 11) is 1.80. The van der Waals surface area contributed by atoms with Gasteiger partial charge in [-0.1, -0.05) is 0 Å². The Labute approximate surface area is 114 Å². The number of nitrogens with zero attached hydrogens (tertiary/aromatic N) is 2. The molecule has 1 atom stereocenters. The number of likely N-dealkylation sites (tertiary alicyclic amines) is 1. The first kappa shape index (κ1) is 14.3. The summed E-state index contributed by atoms with van der Waals surface area (Å²) in [5, 5.41) is 9.26. The Morgan fingerprint density at radius 1 is 1.47 bits per heavy atom. The molecule has 1 aliphatic carbocycles. The van der Waals surface area contributed by atoms with Crippen LogP contribution in [0.2, 0.25) is 0 Å². The molecule has 2 amide bonds. The van der Waals surface area contributed by atoms with Gasteiger partial charge in [0.15, 0.2) is 0 Å². The lowest BCUT2D eigenvalue weighted by Crippen LogP contribution is -2.42. The van der Waals surface area contributed by atoms with Gasteiger partial charge in [0, 0.05) is 32.6 Å². The first-order valence-electron chi connectivity index (χ1n) is 7.11. The van der Waals surface area contributed by atoms with Gasteiger partial charge in [-0.3, -0.25) is 9.59 Å². The van der Waals surface area contributed by atoms with Gasteiger partial charge in [-0.25, -0.2) is 0 Å². The van der Waals surface area contributed by atoms with Gasteiger partial charge in [0.1, 0.15) is 0 Å². The molecule has 1 heterocycles. The lowest BCUT2D eigenvalue weighted by molar-refractivity contribution is -0.136. The van der Waals surface area contributed by atoms with E-state index in [1.807, 2.05) is 13.8 Å². The zero-order valence-corrected chi connectivity index (χ0v) is 12.0. The molecule has 0 aromatic heterocycles. The molecule has 1 unspecified atom stereocenters. The molecule has 1 saturated carbocycles. The number of amides is 2. The first-order valence-corrected chi connectivity index (χ1v) is 7.11. The molecular formula is C14H24N2O3. The van der Waals surface area contributed by atoms with Crippen LogP contribution < -0.4 is 0 Å². The van der Waals surface area contributed by atoms with Crippen molar-refractivity contribution in [3.8, 4) is 0 Å². The van der Waals surface area contributed by atoms with Crippen molar-refractivity contribution >= 4 is 11.8 Å². The van der Waals surface area contributed by atoms with E-state index in [1.54, 1.807) is 16.8 Å². The SMILES string of the molecule is CC(C)N1CC(C(=O)N(C)CC2CC(O)C2)CC1=O. The molecule has 2 fully saturated rings. The molecule has 5 nitrogen and oxygen atoms in total. The maximum absolute atomic E-state index is 12.3. The third-order valence-electron chi connectivity index (χ3n) is 4.25. The van der Waals surface area contributed by atoms with Gasteiger partial charge in [-0.15, -0.1) is 0 Å². The lowest BCUT2D eigenvalue weighted by atomic mass is 9.82. The summed E-state index contributed by atoms with van der Waals surface area (Å²) in [5.41, 5.74) is 0. The quantitative estimate of drug-likeness (QED) is 0.806. The summed E-state index contributed by atoms with van der Waals surface area (Å²) < 4.78 is 0. The predicted molar refractivity (Wildman–Crippen MR) is 71.3 cm³/mol. The molecule has 0 radical (unpaired) electrons. The van der Waals surface area contributed by atoms with Crippen LogP contribution in [-0.2, 0) is 9.59 Å². The minimum absolute atomic E-state index is 0.0675. The van der Waals surface area contributed by atoms with E-state index in [1.165, 1.54) is 0 Å². The molecule has 5 heteroatoms. The molecule has 0 spiro atoms. The van der Waals surface area contributed by atoms with Crippen molar-refractivity contribution in [1.82, 2.24) is 9.80 Å². The average Bonchev–Trinajstić information content (AvgIpc) is 2.68. The second kappa shape index (κ2) is 5.49. The van der Waals surface area contributed by atoms with E-state index in [0.717, 1.165) is 12.8 Å². The van der Waals surface area contributed by atoms with Crippen LogP contribution in [0.4, 0.5) is 0 Å². The highest BCUT2D eigenvalue weighted by Crippen LogP contribution is 2.29. The van der Waals surface area contributed by atoms with Crippen molar-refractivity contribution in [1.29, 1.82) is 0 Å². The van der Waals surface area contributed by atoms with Gasteiger partial charge >= 0.3 is 0 Å². The predicted octanol–water partition coefficient (Wildman–Crippen LogP) is 0.473. The number of carbonyl (C=O) groups is 2. The van der Waals surface area contributed by atoms with Crippen LogP contribution in [-0.4, -0.2) is 59.0 Å². The van der Waals surface area contributed by atoms with Crippen molar-refractivity contribution in [2.75, 3.05) is 20.1 Å². The van der Waals surface area contributed by atoms with Gasteiger partial charge in [0.2, 0.25) is 11.8 Å². The normalized spacial score (nSPS) is 30.7. The summed E-state index contributed by atoms with van der Waals surface area (Å²) in [5.74, 6) is 0.380. The molecule has 2 aliphatic rings. The van der Waals surface area contributed by atoms with Gasteiger partial charge in [-0.05, 0) is 32.6 Å². The summed E-state index contributed by atoms with van der Waals surface area (Å²) in [6.07, 6.45) is 1.74. The van der Waals surface area contributed by atoms with Crippen LogP contribution in [0.25, 0.3) is 0 Å². The van der Waals surface area contributed by atoms with Gasteiger partial charge in [0.25, 0.3) is 0 Å². The van der Waals surface area contributed by atoms with Crippen molar-refractivity contribution in [3.05, 3.63) is 0 Å². The second-order valence-electron chi connectivity index (χ2n) is 6.25. The number of aliphatic hydroxyl groups is 1. The molecule has 0 bridgehead atoms. The highest BCUT2D eigenvalue weighted by Gasteiger charge is 2.38. The van der Waals surface area contributed by atoms with Crippen molar-refractivity contribution < 1.29 is 14.7 Å². The van der Waals surface area contributed by atoms with E-state index < -0.39 is 0 Å². The van der Waals surface area contributed by atoms with Crippen LogP contribution in [0.15, 0.2) is 0 Å². The highest BCUT2D eigenvalue weighted by atomic mass is 16.3. The van der Waals surface area contributed by atoms with Crippen LogP contribution in [0, 0.1) is 11.8 Å². The smallest absolute Gasteiger partial charge is 0.227 e. The molecule has 0 aromatic carbocycles. The zero-order chi connectivity index (χ0) is 14.2. The number of aliphatic hydroxyl groups excluding tert-OH is 1. The molecule has 1 saturated heterocycles. The van der Waals surface area contributed by atoms with Gasteiger partial charge in [-0.2, -0.15) is 0 Å². The van der Waals surface area contributed by atoms with Crippen LogP contribution in [0.3, 0.4) is 0 Å². The number of hydrogen-bond donors (Lipinski definition) is 1. The van der Waals surface area contributed by atoms with Crippen molar-refractivity contribution in [2.45, 2.75) is 45.3 Å². The Kier molecular flexibility index (Phi) is 4.13.